The number of carbonyl (C=O) groups is 2. The molecule has 144 valence electrons. The molecule has 0 bridgehead atoms. The van der Waals surface area contributed by atoms with Crippen molar-refractivity contribution in [2.24, 2.45) is 4.40 Å². The smallest absolute Gasteiger partial charge is 0.283 e. The van der Waals surface area contributed by atoms with E-state index in [0.29, 0.717) is 11.1 Å². The molecule has 0 fully saturated rings. The molecule has 8 heteroatoms. The summed E-state index contributed by atoms with van der Waals surface area (Å²) in [7, 11) is -4.03. The molecule has 0 aliphatic heterocycles. The number of aryl methyl sites for hydroxylation is 2. The minimum atomic E-state index is -4.03. The number of fused-ring (bicyclic) bond motifs is 1. The Morgan fingerprint density at radius 2 is 1.79 bits per heavy atom. The predicted molar refractivity (Wildman–Crippen MR) is 106 cm³/mol. The highest BCUT2D eigenvalue weighted by Crippen LogP contribution is 2.30. The molecule has 0 atom stereocenters. The highest BCUT2D eigenvalue weighted by molar-refractivity contribution is 8.04. The summed E-state index contributed by atoms with van der Waals surface area (Å²) in [6.07, 6.45) is 1.32. The second-order valence-electron chi connectivity index (χ2n) is 6.26. The molecule has 28 heavy (non-hydrogen) atoms. The van der Waals surface area contributed by atoms with Crippen LogP contribution in [0.15, 0.2) is 62.7 Å². The van der Waals surface area contributed by atoms with Crippen LogP contribution in [0.2, 0.25) is 0 Å². The fourth-order valence-corrected chi connectivity index (χ4v) is 4.82. The SMILES string of the molecule is Cc1ccc(S(=O)(=O)N=C2C=C(SCC(=O)[O-])C(=O)c3ccccc32)c(C)c1. The number of nitrogens with zero attached hydrogens (tertiary/aromatic N) is 1. The molecule has 0 saturated heterocycles. The maximum atomic E-state index is 12.9. The number of hydrogen-bond donors (Lipinski definition) is 0. The molecule has 6 nitrogen and oxygen atoms in total. The summed E-state index contributed by atoms with van der Waals surface area (Å²) in [5.41, 5.74) is 2.26. The van der Waals surface area contributed by atoms with Gasteiger partial charge in [-0.3, -0.25) is 4.79 Å². The van der Waals surface area contributed by atoms with Crippen LogP contribution in [0.3, 0.4) is 0 Å². The van der Waals surface area contributed by atoms with Gasteiger partial charge in [-0.25, -0.2) is 0 Å². The Balaban J connectivity index is 2.13. The van der Waals surface area contributed by atoms with E-state index in [0.717, 1.165) is 17.3 Å². The van der Waals surface area contributed by atoms with Crippen molar-refractivity contribution >= 4 is 39.2 Å². The zero-order chi connectivity index (χ0) is 20.5. The number of rotatable bonds is 5. The lowest BCUT2D eigenvalue weighted by molar-refractivity contribution is -0.301. The minimum Gasteiger partial charge on any atom is -0.549 e. The normalized spacial score (nSPS) is 15.3. The molecular formula is C20H16NO5S2-. The summed E-state index contributed by atoms with van der Waals surface area (Å²) in [6.45, 7) is 3.55. The first kappa shape index (κ1) is 20.0. The topological polar surface area (TPSA) is 104 Å². The van der Waals surface area contributed by atoms with E-state index >= 15 is 0 Å². The molecule has 0 aromatic heterocycles. The van der Waals surface area contributed by atoms with Crippen molar-refractivity contribution in [1.82, 2.24) is 0 Å². The van der Waals surface area contributed by atoms with E-state index in [1.54, 1.807) is 43.3 Å². The van der Waals surface area contributed by atoms with Crippen molar-refractivity contribution < 1.29 is 23.1 Å². The average molecular weight is 414 g/mol. The molecule has 0 spiro atoms. The molecule has 2 aromatic carbocycles. The third-order valence-electron chi connectivity index (χ3n) is 4.11. The zero-order valence-corrected chi connectivity index (χ0v) is 16.8. The number of carbonyl (C=O) groups excluding carboxylic acids is 2. The van der Waals surface area contributed by atoms with Crippen LogP contribution in [0.1, 0.15) is 27.0 Å². The van der Waals surface area contributed by atoms with E-state index < -0.39 is 21.7 Å². The fraction of sp³-hybridized carbons (Fsp3) is 0.150. The number of ketones is 1. The van der Waals surface area contributed by atoms with E-state index in [1.807, 2.05) is 6.92 Å². The number of allylic oxidation sites excluding steroid dienone is 2. The Morgan fingerprint density at radius 1 is 1.11 bits per heavy atom. The first-order valence-corrected chi connectivity index (χ1v) is 10.7. The van der Waals surface area contributed by atoms with Crippen molar-refractivity contribution in [1.29, 1.82) is 0 Å². The van der Waals surface area contributed by atoms with Gasteiger partial charge in [-0.15, -0.1) is 11.8 Å². The lowest BCUT2D eigenvalue weighted by Crippen LogP contribution is -2.25. The van der Waals surface area contributed by atoms with Crippen molar-refractivity contribution in [3.8, 4) is 0 Å². The molecule has 0 unspecified atom stereocenters. The number of benzene rings is 2. The number of sulfonamides is 1. The van der Waals surface area contributed by atoms with E-state index in [1.165, 1.54) is 12.1 Å². The fourth-order valence-electron chi connectivity index (χ4n) is 2.89. The molecule has 0 saturated carbocycles. The van der Waals surface area contributed by atoms with E-state index in [9.17, 15) is 23.1 Å². The van der Waals surface area contributed by atoms with Gasteiger partial charge in [0.2, 0.25) is 0 Å². The van der Waals surface area contributed by atoms with Gasteiger partial charge in [0.15, 0.2) is 5.78 Å². The molecule has 3 rings (SSSR count). The van der Waals surface area contributed by atoms with Gasteiger partial charge in [-0.1, -0.05) is 42.0 Å². The first-order valence-electron chi connectivity index (χ1n) is 8.30. The van der Waals surface area contributed by atoms with Gasteiger partial charge in [-0.05, 0) is 31.6 Å². The second-order valence-corrected chi connectivity index (χ2v) is 8.85. The highest BCUT2D eigenvalue weighted by Gasteiger charge is 2.26. The van der Waals surface area contributed by atoms with Gasteiger partial charge in [0, 0.05) is 16.9 Å². The molecule has 0 N–H and O–H groups in total. The number of carboxylic acid groups (broad SMARTS) is 1. The third-order valence-corrected chi connectivity index (χ3v) is 6.56. The molecule has 1 aliphatic carbocycles. The standard InChI is InChI=1S/C20H17NO5S2/c1-12-7-8-18(13(2)9-12)28(25,26)21-16-10-17(27-11-19(22)23)20(24)15-6-4-3-5-14(15)16/h3-10H,11H2,1-2H3,(H,22,23)/p-1. The van der Waals surface area contributed by atoms with Crippen LogP contribution < -0.4 is 5.11 Å². The van der Waals surface area contributed by atoms with Crippen LogP contribution in [0.4, 0.5) is 0 Å². The van der Waals surface area contributed by atoms with E-state index in [2.05, 4.69) is 4.40 Å². The molecule has 1 aliphatic rings. The molecular weight excluding hydrogens is 398 g/mol. The lowest BCUT2D eigenvalue weighted by Gasteiger charge is -2.17. The van der Waals surface area contributed by atoms with Crippen molar-refractivity contribution in [3.05, 3.63) is 75.7 Å². The van der Waals surface area contributed by atoms with Gasteiger partial charge >= 0.3 is 0 Å². The number of carboxylic acids is 1. The summed E-state index contributed by atoms with van der Waals surface area (Å²) in [5.74, 6) is -2.11. The largest absolute Gasteiger partial charge is 0.549 e. The van der Waals surface area contributed by atoms with E-state index in [-0.39, 0.29) is 26.9 Å². The summed E-state index contributed by atoms with van der Waals surface area (Å²) in [6, 6.07) is 11.4. The molecule has 0 amide bonds. The lowest BCUT2D eigenvalue weighted by atomic mass is 9.94. The first-order chi connectivity index (χ1) is 13.2. The minimum absolute atomic E-state index is 0.0809. The Kier molecular flexibility index (Phi) is 5.53. The van der Waals surface area contributed by atoms with Crippen molar-refractivity contribution in [3.63, 3.8) is 0 Å². The number of thioether (sulfide) groups is 1. The zero-order valence-electron chi connectivity index (χ0n) is 15.1. The van der Waals surface area contributed by atoms with Gasteiger partial charge in [-0.2, -0.15) is 12.8 Å². The van der Waals surface area contributed by atoms with Crippen LogP contribution in [0, 0.1) is 13.8 Å². The maximum absolute atomic E-state index is 12.9. The van der Waals surface area contributed by atoms with E-state index in [4.69, 9.17) is 0 Å². The predicted octanol–water partition coefficient (Wildman–Crippen LogP) is 2.04. The van der Waals surface area contributed by atoms with Gasteiger partial charge in [0.1, 0.15) is 0 Å². The molecule has 0 radical (unpaired) electrons. The number of aliphatic carboxylic acids is 1. The maximum Gasteiger partial charge on any atom is 0.283 e. The Morgan fingerprint density at radius 3 is 2.43 bits per heavy atom. The summed E-state index contributed by atoms with van der Waals surface area (Å²) >= 11 is 0.782. The Bertz CT molecular complexity index is 1150. The molecule has 0 heterocycles. The Hall–Kier alpha value is -2.71. The summed E-state index contributed by atoms with van der Waals surface area (Å²) < 4.78 is 29.7. The van der Waals surface area contributed by atoms with Crippen LogP contribution >= 0.6 is 11.8 Å². The monoisotopic (exact) mass is 414 g/mol. The quantitative estimate of drug-likeness (QED) is 0.742. The average Bonchev–Trinajstić information content (AvgIpc) is 2.62. The summed E-state index contributed by atoms with van der Waals surface area (Å²) in [5, 5.41) is 10.8. The van der Waals surface area contributed by atoms with Crippen LogP contribution in [-0.2, 0) is 14.8 Å². The van der Waals surface area contributed by atoms with Gasteiger partial charge in [0.25, 0.3) is 10.0 Å². The van der Waals surface area contributed by atoms with Crippen LogP contribution in [-0.4, -0.2) is 31.6 Å². The van der Waals surface area contributed by atoms with Crippen LogP contribution in [0.25, 0.3) is 0 Å². The molecule has 2 aromatic rings. The summed E-state index contributed by atoms with van der Waals surface area (Å²) in [4.78, 5) is 23.5. The van der Waals surface area contributed by atoms with Crippen molar-refractivity contribution in [2.45, 2.75) is 18.7 Å². The number of Topliss-reactive ketones (excluding diaryl/α,β-unsaturated/α-hetero) is 1. The Labute approximate surface area is 167 Å². The number of hydrogen-bond acceptors (Lipinski definition) is 6. The third kappa shape index (κ3) is 4.07. The second kappa shape index (κ2) is 7.73. The van der Waals surface area contributed by atoms with Gasteiger partial charge < -0.3 is 9.90 Å². The van der Waals surface area contributed by atoms with Gasteiger partial charge in [0.05, 0.1) is 21.5 Å². The van der Waals surface area contributed by atoms with Crippen molar-refractivity contribution in [2.75, 3.05) is 5.75 Å². The van der Waals surface area contributed by atoms with Crippen LogP contribution in [0.5, 0.6) is 0 Å². The highest BCUT2D eigenvalue weighted by atomic mass is 32.2.